The molecule has 1 unspecified atom stereocenters. The van der Waals surface area contributed by atoms with Gasteiger partial charge in [0.05, 0.1) is 5.69 Å². The average molecular weight is 395 g/mol. The topological polar surface area (TPSA) is 58.6 Å². The predicted molar refractivity (Wildman–Crippen MR) is 112 cm³/mol. The molecule has 6 nitrogen and oxygen atoms in total. The minimum Gasteiger partial charge on any atom is -0.492 e. The van der Waals surface area contributed by atoms with Crippen molar-refractivity contribution < 1.29 is 9.53 Å². The van der Waals surface area contributed by atoms with Gasteiger partial charge in [0.2, 0.25) is 5.91 Å². The van der Waals surface area contributed by atoms with Gasteiger partial charge in [-0.25, -0.2) is 9.97 Å². The van der Waals surface area contributed by atoms with Crippen LogP contribution in [0.1, 0.15) is 48.3 Å². The Labute approximate surface area is 172 Å². The predicted octanol–water partition coefficient (Wildman–Crippen LogP) is 2.95. The maximum absolute atomic E-state index is 11.6. The molecule has 0 spiro atoms. The number of amides is 1. The van der Waals surface area contributed by atoms with E-state index in [1.54, 1.807) is 6.92 Å². The number of hydrogen-bond donors (Lipinski definition) is 0. The number of ether oxygens (including phenoxy) is 1. The number of benzene rings is 1. The van der Waals surface area contributed by atoms with Crippen LogP contribution in [0.4, 0.5) is 0 Å². The third kappa shape index (κ3) is 4.93. The lowest BCUT2D eigenvalue weighted by Gasteiger charge is -2.32. The Hall–Kier alpha value is -2.47. The molecule has 1 saturated heterocycles. The first-order chi connectivity index (χ1) is 14.1. The summed E-state index contributed by atoms with van der Waals surface area (Å²) in [5, 5.41) is 0. The van der Waals surface area contributed by atoms with Crippen LogP contribution in [-0.2, 0) is 17.8 Å². The molecule has 1 amide bonds. The molecule has 154 valence electrons. The van der Waals surface area contributed by atoms with E-state index in [9.17, 15) is 4.79 Å². The van der Waals surface area contributed by atoms with Crippen molar-refractivity contribution in [1.82, 2.24) is 19.8 Å². The van der Waals surface area contributed by atoms with Crippen LogP contribution in [0.25, 0.3) is 0 Å². The first kappa shape index (κ1) is 19.8. The molecule has 3 heterocycles. The lowest BCUT2D eigenvalue weighted by molar-refractivity contribution is -0.129. The van der Waals surface area contributed by atoms with Gasteiger partial charge in [0.15, 0.2) is 0 Å². The van der Waals surface area contributed by atoms with Crippen LogP contribution in [0, 0.1) is 6.92 Å². The van der Waals surface area contributed by atoms with Crippen LogP contribution in [-0.4, -0.2) is 58.5 Å². The molecule has 2 aliphatic rings. The first-order valence-electron chi connectivity index (χ1n) is 10.6. The van der Waals surface area contributed by atoms with Crippen LogP contribution >= 0.6 is 0 Å². The monoisotopic (exact) mass is 394 g/mol. The molecule has 1 aromatic carbocycles. The van der Waals surface area contributed by atoms with Crippen molar-refractivity contribution in [1.29, 1.82) is 0 Å². The third-order valence-electron chi connectivity index (χ3n) is 5.93. The van der Waals surface area contributed by atoms with Gasteiger partial charge < -0.3 is 9.64 Å². The van der Waals surface area contributed by atoms with Crippen LogP contribution in [0.2, 0.25) is 0 Å². The molecule has 0 N–H and O–H groups in total. The zero-order valence-electron chi connectivity index (χ0n) is 17.4. The van der Waals surface area contributed by atoms with Crippen molar-refractivity contribution in [3.63, 3.8) is 0 Å². The Balaban J connectivity index is 1.33. The second-order valence-electron chi connectivity index (χ2n) is 8.20. The molecular formula is C23H30N4O2. The van der Waals surface area contributed by atoms with E-state index in [4.69, 9.17) is 9.72 Å². The highest BCUT2D eigenvalue weighted by Gasteiger charge is 2.26. The molecular weight excluding hydrogens is 364 g/mol. The maximum atomic E-state index is 11.6. The Morgan fingerprint density at radius 3 is 3.03 bits per heavy atom. The van der Waals surface area contributed by atoms with Crippen LogP contribution < -0.4 is 4.74 Å². The van der Waals surface area contributed by atoms with E-state index in [2.05, 4.69) is 28.9 Å². The number of nitrogens with zero attached hydrogens (tertiary/aromatic N) is 4. The summed E-state index contributed by atoms with van der Waals surface area (Å²) in [6.45, 7) is 8.80. The summed E-state index contributed by atoms with van der Waals surface area (Å²) < 4.78 is 5.93. The van der Waals surface area contributed by atoms with E-state index in [1.165, 1.54) is 5.56 Å². The molecule has 1 atom stereocenters. The number of aromatic nitrogens is 2. The molecule has 2 aliphatic heterocycles. The first-order valence-corrected chi connectivity index (χ1v) is 10.6. The normalized spacial score (nSPS) is 19.7. The van der Waals surface area contributed by atoms with E-state index in [-0.39, 0.29) is 5.91 Å². The van der Waals surface area contributed by atoms with Gasteiger partial charge in [-0.05, 0) is 44.0 Å². The fourth-order valence-electron chi connectivity index (χ4n) is 4.26. The Kier molecular flexibility index (Phi) is 6.09. The molecule has 0 aliphatic carbocycles. The Morgan fingerprint density at radius 1 is 1.31 bits per heavy atom. The number of piperidine rings is 1. The zero-order chi connectivity index (χ0) is 20.2. The molecule has 29 heavy (non-hydrogen) atoms. The zero-order valence-corrected chi connectivity index (χ0v) is 17.4. The van der Waals surface area contributed by atoms with Crippen molar-refractivity contribution in [2.45, 2.75) is 45.6 Å². The molecule has 1 aromatic heterocycles. The maximum Gasteiger partial charge on any atom is 0.219 e. The van der Waals surface area contributed by atoms with Crippen LogP contribution in [0.5, 0.6) is 5.75 Å². The SMILES string of the molecule is CC(=O)N1CCc2nc(C3CCCN(CCOc4cccc(C)c4)C3)ncc2C1. The summed E-state index contributed by atoms with van der Waals surface area (Å²) in [5.74, 6) is 2.40. The van der Waals surface area contributed by atoms with Gasteiger partial charge >= 0.3 is 0 Å². The van der Waals surface area contributed by atoms with E-state index < -0.39 is 0 Å². The van der Waals surface area contributed by atoms with E-state index in [0.29, 0.717) is 19.1 Å². The molecule has 4 rings (SSSR count). The fourth-order valence-corrected chi connectivity index (χ4v) is 4.26. The second kappa shape index (κ2) is 8.91. The van der Waals surface area contributed by atoms with Gasteiger partial charge in [-0.3, -0.25) is 9.69 Å². The lowest BCUT2D eigenvalue weighted by Crippen LogP contribution is -2.38. The van der Waals surface area contributed by atoms with Crippen LogP contribution in [0.15, 0.2) is 30.5 Å². The standard InChI is InChI=1S/C23H30N4O2/c1-17-5-3-7-21(13-17)29-12-11-26-9-4-6-19(15-26)23-24-14-20-16-27(18(2)28)10-8-22(20)25-23/h3,5,7,13-14,19H,4,6,8-12,15-16H2,1-2H3. The van der Waals surface area contributed by atoms with Gasteiger partial charge in [0.25, 0.3) is 0 Å². The second-order valence-corrected chi connectivity index (χ2v) is 8.20. The van der Waals surface area contributed by atoms with Crippen molar-refractivity contribution in [3.05, 3.63) is 53.1 Å². The summed E-state index contributed by atoms with van der Waals surface area (Å²) in [6, 6.07) is 8.20. The van der Waals surface area contributed by atoms with Crippen molar-refractivity contribution >= 4 is 5.91 Å². The van der Waals surface area contributed by atoms with Gasteiger partial charge in [0, 0.05) is 57.2 Å². The number of rotatable bonds is 5. The highest BCUT2D eigenvalue weighted by Crippen LogP contribution is 2.26. The quantitative estimate of drug-likeness (QED) is 0.780. The molecule has 1 fully saturated rings. The van der Waals surface area contributed by atoms with E-state index >= 15 is 0 Å². The van der Waals surface area contributed by atoms with E-state index in [1.807, 2.05) is 23.2 Å². The van der Waals surface area contributed by atoms with Gasteiger partial charge in [-0.1, -0.05) is 12.1 Å². The highest BCUT2D eigenvalue weighted by atomic mass is 16.5. The number of fused-ring (bicyclic) bond motifs is 1. The van der Waals surface area contributed by atoms with Crippen molar-refractivity contribution in [3.8, 4) is 5.75 Å². The molecule has 0 bridgehead atoms. The number of likely N-dealkylation sites (tertiary alicyclic amines) is 1. The molecule has 2 aromatic rings. The molecule has 0 radical (unpaired) electrons. The number of hydrogen-bond acceptors (Lipinski definition) is 5. The summed E-state index contributed by atoms with van der Waals surface area (Å²) in [7, 11) is 0. The molecule has 6 heteroatoms. The Bertz CT molecular complexity index is 870. The van der Waals surface area contributed by atoms with Gasteiger partial charge in [-0.2, -0.15) is 0 Å². The largest absolute Gasteiger partial charge is 0.492 e. The van der Waals surface area contributed by atoms with Gasteiger partial charge in [0.1, 0.15) is 18.2 Å². The number of carbonyl (C=O) groups is 1. The highest BCUT2D eigenvalue weighted by molar-refractivity contribution is 5.73. The van der Waals surface area contributed by atoms with Crippen molar-refractivity contribution in [2.24, 2.45) is 0 Å². The third-order valence-corrected chi connectivity index (χ3v) is 5.93. The Morgan fingerprint density at radius 2 is 2.21 bits per heavy atom. The van der Waals surface area contributed by atoms with Crippen LogP contribution in [0.3, 0.4) is 0 Å². The summed E-state index contributed by atoms with van der Waals surface area (Å²) in [4.78, 5) is 25.5. The molecule has 0 saturated carbocycles. The number of carbonyl (C=O) groups excluding carboxylic acids is 1. The summed E-state index contributed by atoms with van der Waals surface area (Å²) in [6.07, 6.45) is 5.05. The van der Waals surface area contributed by atoms with Gasteiger partial charge in [-0.15, -0.1) is 0 Å². The smallest absolute Gasteiger partial charge is 0.219 e. The lowest BCUT2D eigenvalue weighted by atomic mass is 9.96. The van der Waals surface area contributed by atoms with Crippen molar-refractivity contribution in [2.75, 3.05) is 32.8 Å². The fraction of sp³-hybridized carbons (Fsp3) is 0.522. The number of aryl methyl sites for hydroxylation is 1. The average Bonchev–Trinajstić information content (AvgIpc) is 2.73. The minimum atomic E-state index is 0.121. The summed E-state index contributed by atoms with van der Waals surface area (Å²) >= 11 is 0. The minimum absolute atomic E-state index is 0.121. The van der Waals surface area contributed by atoms with E-state index in [0.717, 1.165) is 68.3 Å². The summed E-state index contributed by atoms with van der Waals surface area (Å²) in [5.41, 5.74) is 3.43.